The van der Waals surface area contributed by atoms with Gasteiger partial charge in [0, 0.05) is 37.1 Å². The van der Waals surface area contributed by atoms with Crippen LogP contribution in [-0.4, -0.2) is 21.8 Å². The van der Waals surface area contributed by atoms with Crippen molar-refractivity contribution >= 4 is 17.2 Å². The summed E-state index contributed by atoms with van der Waals surface area (Å²) < 4.78 is 2.04. The second-order valence-corrected chi connectivity index (χ2v) is 5.86. The molecule has 4 rings (SSSR count). The van der Waals surface area contributed by atoms with Crippen molar-refractivity contribution in [1.29, 1.82) is 0 Å². The highest BCUT2D eigenvalue weighted by Gasteiger charge is 2.22. The molecule has 0 unspecified atom stereocenters. The average molecular weight is 291 g/mol. The van der Waals surface area contributed by atoms with Gasteiger partial charge in [0.25, 0.3) is 0 Å². The van der Waals surface area contributed by atoms with Crippen LogP contribution in [0.15, 0.2) is 42.7 Å². The fraction of sp³-hybridized carbons (Fsp3) is 0.222. The van der Waals surface area contributed by atoms with Crippen LogP contribution < -0.4 is 4.90 Å². The van der Waals surface area contributed by atoms with Crippen molar-refractivity contribution in [3.8, 4) is 11.3 Å². The Morgan fingerprint density at radius 3 is 2.91 bits per heavy atom. The smallest absolute Gasteiger partial charge is 0.223 e. The van der Waals surface area contributed by atoms with Gasteiger partial charge in [-0.1, -0.05) is 6.07 Å². The zero-order chi connectivity index (χ0) is 15.3. The van der Waals surface area contributed by atoms with Gasteiger partial charge < -0.3 is 9.30 Å². The zero-order valence-electron chi connectivity index (χ0n) is 12.7. The van der Waals surface area contributed by atoms with Crippen LogP contribution in [0.3, 0.4) is 0 Å². The highest BCUT2D eigenvalue weighted by Crippen LogP contribution is 2.32. The van der Waals surface area contributed by atoms with E-state index in [9.17, 15) is 4.79 Å². The van der Waals surface area contributed by atoms with Crippen molar-refractivity contribution in [2.75, 3.05) is 11.4 Å². The number of nitrogens with zero attached hydrogens (tertiary/aromatic N) is 3. The number of hydrogen-bond donors (Lipinski definition) is 0. The van der Waals surface area contributed by atoms with E-state index in [0.29, 0.717) is 0 Å². The van der Waals surface area contributed by atoms with Crippen LogP contribution in [0.1, 0.15) is 18.1 Å². The summed E-state index contributed by atoms with van der Waals surface area (Å²) in [6.07, 6.45) is 5.00. The summed E-state index contributed by atoms with van der Waals surface area (Å²) in [6.45, 7) is 4.46. The quantitative estimate of drug-likeness (QED) is 0.690. The summed E-state index contributed by atoms with van der Waals surface area (Å²) in [4.78, 5) is 18.2. The van der Waals surface area contributed by atoms with E-state index in [2.05, 4.69) is 31.2 Å². The Balaban J connectivity index is 1.78. The topological polar surface area (TPSA) is 37.6 Å². The third-order valence-electron chi connectivity index (χ3n) is 4.27. The number of rotatable bonds is 1. The molecule has 0 saturated heterocycles. The molecule has 4 heteroatoms. The molecule has 1 amide bonds. The summed E-state index contributed by atoms with van der Waals surface area (Å²) in [5.74, 6) is 0.106. The van der Waals surface area contributed by atoms with E-state index in [-0.39, 0.29) is 5.91 Å². The maximum absolute atomic E-state index is 11.6. The van der Waals surface area contributed by atoms with Gasteiger partial charge in [0.15, 0.2) is 0 Å². The number of carbonyl (C=O) groups excluding carboxylic acids is 1. The molecule has 0 N–H and O–H groups in total. The summed E-state index contributed by atoms with van der Waals surface area (Å²) in [6, 6.07) is 10.4. The lowest BCUT2D eigenvalue weighted by Gasteiger charge is -2.14. The molecule has 1 aliphatic rings. The van der Waals surface area contributed by atoms with Crippen LogP contribution in [-0.2, 0) is 11.2 Å². The first kappa shape index (κ1) is 13.1. The SMILES string of the molecule is CC(=O)N1CCc2cc(-c3cn4ccc(C)cc4n3)ccc21. The number of pyridine rings is 1. The Labute approximate surface area is 129 Å². The van der Waals surface area contributed by atoms with Crippen molar-refractivity contribution < 1.29 is 4.79 Å². The Morgan fingerprint density at radius 1 is 1.23 bits per heavy atom. The fourth-order valence-electron chi connectivity index (χ4n) is 3.11. The Bertz CT molecular complexity index is 894. The van der Waals surface area contributed by atoms with Gasteiger partial charge >= 0.3 is 0 Å². The molecule has 110 valence electrons. The van der Waals surface area contributed by atoms with Crippen LogP contribution >= 0.6 is 0 Å². The maximum atomic E-state index is 11.6. The number of amides is 1. The highest BCUT2D eigenvalue weighted by molar-refractivity contribution is 5.94. The van der Waals surface area contributed by atoms with Crippen molar-refractivity contribution in [3.63, 3.8) is 0 Å². The minimum atomic E-state index is 0.106. The van der Waals surface area contributed by atoms with E-state index in [1.807, 2.05) is 27.8 Å². The molecule has 3 heterocycles. The van der Waals surface area contributed by atoms with Gasteiger partial charge in [-0.05, 0) is 48.7 Å². The van der Waals surface area contributed by atoms with Crippen molar-refractivity contribution in [2.45, 2.75) is 20.3 Å². The summed E-state index contributed by atoms with van der Waals surface area (Å²) in [5.41, 5.74) is 6.49. The predicted molar refractivity (Wildman–Crippen MR) is 87.1 cm³/mol. The molecule has 2 aromatic heterocycles. The number of aryl methyl sites for hydroxylation is 1. The monoisotopic (exact) mass is 291 g/mol. The van der Waals surface area contributed by atoms with E-state index in [4.69, 9.17) is 4.98 Å². The van der Waals surface area contributed by atoms with Crippen LogP contribution in [0.5, 0.6) is 0 Å². The molecule has 0 fully saturated rings. The fourth-order valence-corrected chi connectivity index (χ4v) is 3.11. The molecule has 1 aliphatic heterocycles. The lowest BCUT2D eigenvalue weighted by Crippen LogP contribution is -2.25. The first-order valence-electron chi connectivity index (χ1n) is 7.48. The number of anilines is 1. The summed E-state index contributed by atoms with van der Waals surface area (Å²) in [5, 5.41) is 0. The number of carbonyl (C=O) groups is 1. The highest BCUT2D eigenvalue weighted by atomic mass is 16.2. The van der Waals surface area contributed by atoms with E-state index in [0.717, 1.165) is 35.6 Å². The van der Waals surface area contributed by atoms with Gasteiger partial charge in [-0.3, -0.25) is 4.79 Å². The molecule has 1 aromatic carbocycles. The van der Waals surface area contributed by atoms with E-state index in [1.54, 1.807) is 6.92 Å². The van der Waals surface area contributed by atoms with Gasteiger partial charge in [-0.15, -0.1) is 0 Å². The second kappa shape index (κ2) is 4.70. The lowest BCUT2D eigenvalue weighted by molar-refractivity contribution is -0.116. The third kappa shape index (κ3) is 1.99. The number of fused-ring (bicyclic) bond motifs is 2. The lowest BCUT2D eigenvalue weighted by atomic mass is 10.1. The summed E-state index contributed by atoms with van der Waals surface area (Å²) in [7, 11) is 0. The van der Waals surface area contributed by atoms with Crippen molar-refractivity contribution in [1.82, 2.24) is 9.38 Å². The maximum Gasteiger partial charge on any atom is 0.223 e. The number of hydrogen-bond acceptors (Lipinski definition) is 2. The van der Waals surface area contributed by atoms with E-state index < -0.39 is 0 Å². The standard InChI is InChI=1S/C18H17N3O/c1-12-5-7-20-11-16(19-18(20)9-12)14-3-4-17-15(10-14)6-8-21(17)13(2)22/h3-5,7,9-11H,6,8H2,1-2H3. The normalized spacial score (nSPS) is 13.6. The predicted octanol–water partition coefficient (Wildman–Crippen LogP) is 3.22. The number of benzene rings is 1. The van der Waals surface area contributed by atoms with Crippen LogP contribution in [0.2, 0.25) is 0 Å². The van der Waals surface area contributed by atoms with Crippen molar-refractivity contribution in [2.24, 2.45) is 0 Å². The number of imidazole rings is 1. The second-order valence-electron chi connectivity index (χ2n) is 5.86. The van der Waals surface area contributed by atoms with Gasteiger partial charge in [0.1, 0.15) is 5.65 Å². The van der Waals surface area contributed by atoms with Crippen LogP contribution in [0.25, 0.3) is 16.9 Å². The van der Waals surface area contributed by atoms with E-state index in [1.165, 1.54) is 11.1 Å². The van der Waals surface area contributed by atoms with Crippen molar-refractivity contribution in [3.05, 3.63) is 53.9 Å². The van der Waals surface area contributed by atoms with Crippen LogP contribution in [0, 0.1) is 6.92 Å². The molecule has 0 saturated carbocycles. The minimum Gasteiger partial charge on any atom is -0.312 e. The molecule has 0 spiro atoms. The molecule has 0 aliphatic carbocycles. The van der Waals surface area contributed by atoms with Gasteiger partial charge in [0.2, 0.25) is 5.91 Å². The Kier molecular flexibility index (Phi) is 2.79. The number of aromatic nitrogens is 2. The van der Waals surface area contributed by atoms with Gasteiger partial charge in [-0.25, -0.2) is 4.98 Å². The molecular weight excluding hydrogens is 274 g/mol. The molecular formula is C18H17N3O. The Morgan fingerprint density at radius 2 is 2.09 bits per heavy atom. The molecule has 0 radical (unpaired) electrons. The van der Waals surface area contributed by atoms with Gasteiger partial charge in [-0.2, -0.15) is 0 Å². The minimum absolute atomic E-state index is 0.106. The molecule has 4 nitrogen and oxygen atoms in total. The largest absolute Gasteiger partial charge is 0.312 e. The first-order valence-corrected chi connectivity index (χ1v) is 7.48. The van der Waals surface area contributed by atoms with E-state index >= 15 is 0 Å². The summed E-state index contributed by atoms with van der Waals surface area (Å²) >= 11 is 0. The van der Waals surface area contributed by atoms with Gasteiger partial charge in [0.05, 0.1) is 5.69 Å². The average Bonchev–Trinajstić information content (AvgIpc) is 3.09. The third-order valence-corrected chi connectivity index (χ3v) is 4.27. The zero-order valence-corrected chi connectivity index (χ0v) is 12.7. The molecule has 3 aromatic rings. The molecule has 22 heavy (non-hydrogen) atoms. The molecule has 0 bridgehead atoms. The first-order chi connectivity index (χ1) is 10.6. The Hall–Kier alpha value is -2.62. The molecule has 0 atom stereocenters. The van der Waals surface area contributed by atoms with Crippen LogP contribution in [0.4, 0.5) is 5.69 Å².